The molecule has 0 spiro atoms. The van der Waals surface area contributed by atoms with E-state index in [4.69, 9.17) is 0 Å². The van der Waals surface area contributed by atoms with E-state index in [2.05, 4.69) is 18.9 Å². The number of benzene rings is 1. The van der Waals surface area contributed by atoms with Crippen LogP contribution in [0.25, 0.3) is 0 Å². The lowest BCUT2D eigenvalue weighted by molar-refractivity contribution is 0.423. The lowest BCUT2D eigenvalue weighted by Gasteiger charge is -2.20. The number of aromatic nitrogens is 2. The average molecular weight is 335 g/mol. The summed E-state index contributed by atoms with van der Waals surface area (Å²) in [7, 11) is -1.67. The number of rotatable bonds is 7. The zero-order valence-corrected chi connectivity index (χ0v) is 15.0. The predicted molar refractivity (Wildman–Crippen MR) is 91.6 cm³/mol. The molecule has 0 N–H and O–H groups in total. The highest BCUT2D eigenvalue weighted by Gasteiger charge is 2.23. The van der Waals surface area contributed by atoms with Gasteiger partial charge in [-0.15, -0.1) is 0 Å². The van der Waals surface area contributed by atoms with Crippen LogP contribution in [0.1, 0.15) is 44.2 Å². The first-order valence-electron chi connectivity index (χ1n) is 7.96. The molecule has 0 saturated carbocycles. The monoisotopic (exact) mass is 335 g/mol. The van der Waals surface area contributed by atoms with Crippen LogP contribution in [0.2, 0.25) is 0 Å². The molecule has 0 fully saturated rings. The first-order valence-corrected chi connectivity index (χ1v) is 9.40. The minimum absolute atomic E-state index is 0.333. The van der Waals surface area contributed by atoms with E-state index in [0.29, 0.717) is 23.9 Å². The quantitative estimate of drug-likeness (QED) is 0.781. The van der Waals surface area contributed by atoms with Crippen LogP contribution in [0.15, 0.2) is 41.6 Å². The highest BCUT2D eigenvalue weighted by Crippen LogP contribution is 2.23. The van der Waals surface area contributed by atoms with Crippen molar-refractivity contribution in [1.82, 2.24) is 14.1 Å². The van der Waals surface area contributed by atoms with Crippen molar-refractivity contribution in [3.05, 3.63) is 47.8 Å². The minimum atomic E-state index is -3.49. The number of nitrogens with zero attached hydrogens (tertiary/aromatic N) is 3. The van der Waals surface area contributed by atoms with E-state index in [1.807, 2.05) is 32.3 Å². The van der Waals surface area contributed by atoms with Crippen LogP contribution < -0.4 is 0 Å². The summed E-state index contributed by atoms with van der Waals surface area (Å²) < 4.78 is 28.8. The van der Waals surface area contributed by atoms with Gasteiger partial charge in [-0.25, -0.2) is 8.42 Å². The molecular weight excluding hydrogens is 310 g/mol. The van der Waals surface area contributed by atoms with E-state index < -0.39 is 10.0 Å². The molecule has 6 heteroatoms. The van der Waals surface area contributed by atoms with E-state index in [0.717, 1.165) is 12.0 Å². The highest BCUT2D eigenvalue weighted by molar-refractivity contribution is 7.89. The Hall–Kier alpha value is -1.66. The fourth-order valence-corrected chi connectivity index (χ4v) is 3.91. The van der Waals surface area contributed by atoms with Gasteiger partial charge >= 0.3 is 0 Å². The molecule has 1 atom stereocenters. The predicted octanol–water partition coefficient (Wildman–Crippen LogP) is 3.14. The highest BCUT2D eigenvalue weighted by atomic mass is 32.2. The Morgan fingerprint density at radius 1 is 1.22 bits per heavy atom. The van der Waals surface area contributed by atoms with E-state index in [-0.39, 0.29) is 0 Å². The van der Waals surface area contributed by atoms with Crippen molar-refractivity contribution in [2.45, 2.75) is 44.6 Å². The topological polar surface area (TPSA) is 55.2 Å². The molecule has 5 nitrogen and oxygen atoms in total. The second kappa shape index (κ2) is 7.27. The molecule has 2 rings (SSSR count). The fraction of sp³-hybridized carbons (Fsp3) is 0.471. The van der Waals surface area contributed by atoms with Crippen LogP contribution in [0.4, 0.5) is 0 Å². The first kappa shape index (κ1) is 17.7. The Labute approximate surface area is 139 Å². The van der Waals surface area contributed by atoms with Gasteiger partial charge in [-0.1, -0.05) is 32.9 Å². The van der Waals surface area contributed by atoms with Crippen molar-refractivity contribution in [1.29, 1.82) is 0 Å². The van der Waals surface area contributed by atoms with E-state index in [1.54, 1.807) is 23.0 Å². The maximum Gasteiger partial charge on any atom is 0.243 e. The van der Waals surface area contributed by atoms with Crippen LogP contribution in [0.3, 0.4) is 0 Å². The van der Waals surface area contributed by atoms with Gasteiger partial charge in [0.1, 0.15) is 0 Å². The van der Waals surface area contributed by atoms with Crippen molar-refractivity contribution in [3.8, 4) is 0 Å². The maximum absolute atomic E-state index is 12.8. The molecule has 23 heavy (non-hydrogen) atoms. The molecule has 0 aliphatic rings. The van der Waals surface area contributed by atoms with Crippen molar-refractivity contribution in [2.75, 3.05) is 6.54 Å². The second-order valence-electron chi connectivity index (χ2n) is 5.83. The number of aryl methyl sites for hydroxylation is 1. The summed E-state index contributed by atoms with van der Waals surface area (Å²) >= 11 is 0. The van der Waals surface area contributed by atoms with Gasteiger partial charge in [0.25, 0.3) is 0 Å². The normalized spacial score (nSPS) is 13.4. The summed E-state index contributed by atoms with van der Waals surface area (Å²) in [4.78, 5) is 0.343. The van der Waals surface area contributed by atoms with Crippen molar-refractivity contribution in [3.63, 3.8) is 0 Å². The fourth-order valence-electron chi connectivity index (χ4n) is 2.48. The van der Waals surface area contributed by atoms with Gasteiger partial charge in [-0.05, 0) is 30.0 Å². The van der Waals surface area contributed by atoms with E-state index >= 15 is 0 Å². The molecule has 1 aromatic carbocycles. The van der Waals surface area contributed by atoms with Gasteiger partial charge in [-0.2, -0.15) is 9.40 Å². The van der Waals surface area contributed by atoms with E-state index in [9.17, 15) is 8.42 Å². The average Bonchev–Trinajstić information content (AvgIpc) is 2.97. The maximum atomic E-state index is 12.8. The third-order valence-corrected chi connectivity index (χ3v) is 6.10. The Balaban J connectivity index is 2.24. The molecule has 1 unspecified atom stereocenters. The SMILES string of the molecule is CCC(C)c1ccc(S(=O)(=O)N(CC)Cc2cnn(C)c2)cc1. The molecule has 0 radical (unpaired) electrons. The third-order valence-electron chi connectivity index (χ3n) is 4.17. The molecule has 0 aliphatic heterocycles. The van der Waals surface area contributed by atoms with Gasteiger partial charge < -0.3 is 0 Å². The van der Waals surface area contributed by atoms with Crippen LogP contribution in [0.5, 0.6) is 0 Å². The van der Waals surface area contributed by atoms with Crippen molar-refractivity contribution in [2.24, 2.45) is 7.05 Å². The van der Waals surface area contributed by atoms with Gasteiger partial charge in [0.2, 0.25) is 10.0 Å². The lowest BCUT2D eigenvalue weighted by Crippen LogP contribution is -2.30. The van der Waals surface area contributed by atoms with Gasteiger partial charge in [0.05, 0.1) is 11.1 Å². The summed E-state index contributed by atoms with van der Waals surface area (Å²) in [5, 5.41) is 4.09. The first-order chi connectivity index (χ1) is 10.9. The molecule has 0 bridgehead atoms. The Bertz CT molecular complexity index is 735. The molecular formula is C17H25N3O2S. The summed E-state index contributed by atoms with van der Waals surface area (Å²) in [6.07, 6.45) is 4.57. The smallest absolute Gasteiger partial charge is 0.243 e. The molecule has 1 heterocycles. The molecule has 126 valence electrons. The summed E-state index contributed by atoms with van der Waals surface area (Å²) in [5.74, 6) is 0.435. The molecule has 2 aromatic rings. The largest absolute Gasteiger partial charge is 0.275 e. The zero-order chi connectivity index (χ0) is 17.0. The van der Waals surface area contributed by atoms with Crippen LogP contribution in [0, 0.1) is 0 Å². The summed E-state index contributed by atoms with van der Waals surface area (Å²) in [6, 6.07) is 7.25. The van der Waals surface area contributed by atoms with E-state index in [1.165, 1.54) is 9.87 Å². The minimum Gasteiger partial charge on any atom is -0.275 e. The van der Waals surface area contributed by atoms with Gasteiger partial charge in [0, 0.05) is 31.9 Å². The van der Waals surface area contributed by atoms with Crippen molar-refractivity contribution < 1.29 is 8.42 Å². The number of hydrogen-bond acceptors (Lipinski definition) is 3. The molecule has 0 saturated heterocycles. The standard InChI is InChI=1S/C17H25N3O2S/c1-5-14(3)16-7-9-17(10-8-16)23(21,22)20(6-2)13-15-11-18-19(4)12-15/h7-12,14H,5-6,13H2,1-4H3. The number of sulfonamides is 1. The summed E-state index contributed by atoms with van der Waals surface area (Å²) in [6.45, 7) is 6.87. The van der Waals surface area contributed by atoms with Gasteiger partial charge in [0.15, 0.2) is 0 Å². The zero-order valence-electron chi connectivity index (χ0n) is 14.2. The lowest BCUT2D eigenvalue weighted by atomic mass is 9.99. The van der Waals surface area contributed by atoms with Crippen LogP contribution >= 0.6 is 0 Å². The Morgan fingerprint density at radius 3 is 2.35 bits per heavy atom. The van der Waals surface area contributed by atoms with Crippen molar-refractivity contribution >= 4 is 10.0 Å². The molecule has 1 aromatic heterocycles. The van der Waals surface area contributed by atoms with Crippen LogP contribution in [-0.4, -0.2) is 29.0 Å². The Kier molecular flexibility index (Phi) is 5.59. The third kappa shape index (κ3) is 4.00. The molecule has 0 amide bonds. The Morgan fingerprint density at radius 2 is 1.87 bits per heavy atom. The summed E-state index contributed by atoms with van der Waals surface area (Å²) in [5.41, 5.74) is 2.05. The second-order valence-corrected chi connectivity index (χ2v) is 7.77. The van der Waals surface area contributed by atoms with Crippen LogP contribution in [-0.2, 0) is 23.6 Å². The van der Waals surface area contributed by atoms with Gasteiger partial charge in [-0.3, -0.25) is 4.68 Å². The number of hydrogen-bond donors (Lipinski definition) is 0. The molecule has 0 aliphatic carbocycles.